The summed E-state index contributed by atoms with van der Waals surface area (Å²) >= 11 is 0. The van der Waals surface area contributed by atoms with E-state index in [1.54, 1.807) is 0 Å². The third kappa shape index (κ3) is 12.8. The molecule has 0 atom stereocenters. The van der Waals surface area contributed by atoms with Crippen LogP contribution < -0.4 is 21.3 Å². The van der Waals surface area contributed by atoms with Crippen molar-refractivity contribution in [1.29, 1.82) is 0 Å². The Labute approximate surface area is 833 Å². The van der Waals surface area contributed by atoms with Gasteiger partial charge in [-0.05, 0) is 262 Å². The minimum atomic E-state index is 0. The molecule has 11 heterocycles. The van der Waals surface area contributed by atoms with E-state index in [0.29, 0.717) is 0 Å². The second-order valence-electron chi connectivity index (χ2n) is 39.5. The third-order valence-corrected chi connectivity index (χ3v) is 31.2. The Morgan fingerprint density at radius 1 is 0.193 bits per heavy atom. The molecule has 0 unspecified atom stereocenters. The lowest BCUT2D eigenvalue weighted by Crippen LogP contribution is -2.18. The molecule has 6 bridgehead atoms. The van der Waals surface area contributed by atoms with Gasteiger partial charge < -0.3 is 57.8 Å². The standard InChI is InChI=1S/C69H44N6.C63H46N6.FH/c1-5-23-56-52(19-1)53-20-2-6-24-57(53)70(56)48-15-11-17-50(38-48)72-60-27-9-13-46-36-44-31-29-42-33-43-30-32-45-37-47-14-10-28-61-69(47)75(63(45)35-43)67-41-66(74(68(46)60)62(44)34-42)64(72)40-65(67)73(61)51-18-12-16-49(39-51)71-58-25-7-3-21-54(58)55-22-4-8-26-59(55)71;1-5-25-58-50(19-1)51-20-2-6-26-59(51)68(58)48-17-11-15-46(38-48)64-54-23-9-13-44-36-42-31-29-40(34-56(42)66-62(44)54)33-41-30-32-43-37-45-14-10-24-55(63(45)67-57(43)35-41)65-47-16-12-18-49(39-47)69-60-27-7-3-21-52(60)53-22-4-8-28-61(53)69;/h1-32,34-35,38-41H,33,36-37H2;1-32,34-35,38-39,64-67H,33,36-37H2;1H. The smallest absolute Gasteiger partial charge is 0.0739 e. The van der Waals surface area contributed by atoms with E-state index >= 15 is 0 Å². The van der Waals surface area contributed by atoms with Gasteiger partial charge >= 0.3 is 0 Å². The number of anilines is 8. The van der Waals surface area contributed by atoms with Crippen LogP contribution in [0, 0.1) is 0 Å². The second kappa shape index (κ2) is 32.1. The minimum Gasteiger partial charge on any atom is -0.354 e. The molecule has 145 heavy (non-hydrogen) atoms. The number of rotatable bonds is 12. The maximum absolute atomic E-state index is 3.87. The van der Waals surface area contributed by atoms with Gasteiger partial charge in [0.05, 0.1) is 122 Å². The van der Waals surface area contributed by atoms with Crippen LogP contribution in [0.3, 0.4) is 0 Å². The fourth-order valence-corrected chi connectivity index (χ4v) is 25.0. The Kier molecular flexibility index (Phi) is 18.2. The van der Waals surface area contributed by atoms with Gasteiger partial charge in [-0.2, -0.15) is 0 Å². The molecule has 32 rings (SSSR count). The van der Waals surface area contributed by atoms with E-state index in [2.05, 4.69) is 507 Å². The number of para-hydroxylation sites is 12. The van der Waals surface area contributed by atoms with E-state index in [0.717, 1.165) is 140 Å². The maximum atomic E-state index is 3.87. The van der Waals surface area contributed by atoms with Gasteiger partial charge in [-0.15, -0.1) is 0 Å². The van der Waals surface area contributed by atoms with Crippen molar-refractivity contribution >= 4 is 177 Å². The first kappa shape index (κ1) is 82.1. The molecule has 4 N–H and O–H groups in total. The Hall–Kier alpha value is -18.9. The number of nitrogens with zero attached hydrogens (tertiary/aromatic N) is 8. The topological polar surface area (TPSA) is 87.6 Å². The summed E-state index contributed by atoms with van der Waals surface area (Å²) in [6.07, 6.45) is 5.15. The van der Waals surface area contributed by atoms with E-state index < -0.39 is 0 Å². The Morgan fingerprint density at radius 2 is 0.469 bits per heavy atom. The molecule has 0 aliphatic carbocycles. The van der Waals surface area contributed by atoms with Gasteiger partial charge in [0.2, 0.25) is 0 Å². The van der Waals surface area contributed by atoms with Gasteiger partial charge in [0.15, 0.2) is 0 Å². The number of nitrogens with one attached hydrogen (secondary N) is 4. The zero-order valence-electron chi connectivity index (χ0n) is 79.0. The van der Waals surface area contributed by atoms with Crippen LogP contribution >= 0.6 is 0 Å². The first-order valence-electron chi connectivity index (χ1n) is 50.1. The van der Waals surface area contributed by atoms with E-state index in [4.69, 9.17) is 0 Å². The number of benzene rings is 21. The molecule has 6 aromatic heterocycles. The Bertz CT molecular complexity index is 9510. The average molecular weight is 1860 g/mol. The summed E-state index contributed by atoms with van der Waals surface area (Å²) in [5, 5.41) is 25.4. The molecule has 0 saturated carbocycles. The molecule has 27 aromatic rings. The second-order valence-corrected chi connectivity index (χ2v) is 39.5. The van der Waals surface area contributed by atoms with Crippen molar-refractivity contribution in [2.45, 2.75) is 38.5 Å². The fraction of sp³-hybridized carbons (Fsp3) is 0.0455. The molecule has 12 nitrogen and oxygen atoms in total. The largest absolute Gasteiger partial charge is 0.354 e. The number of hydrogen-bond donors (Lipinski definition) is 4. The third-order valence-electron chi connectivity index (χ3n) is 31.2. The molecule has 0 spiro atoms. The van der Waals surface area contributed by atoms with Gasteiger partial charge in [0.25, 0.3) is 0 Å². The first-order valence-corrected chi connectivity index (χ1v) is 50.1. The molecule has 5 aliphatic heterocycles. The molecular weight excluding hydrogens is 1770 g/mol. The van der Waals surface area contributed by atoms with Crippen molar-refractivity contribution in [1.82, 2.24) is 36.5 Å². The van der Waals surface area contributed by atoms with E-state index in [1.165, 1.54) is 187 Å². The lowest BCUT2D eigenvalue weighted by molar-refractivity contribution is 0.979. The van der Waals surface area contributed by atoms with Crippen LogP contribution in [0.4, 0.5) is 50.2 Å². The number of fused-ring (bicyclic) bond motifs is 18. The van der Waals surface area contributed by atoms with Gasteiger partial charge in [-0.1, -0.05) is 267 Å². The molecule has 5 aliphatic rings. The van der Waals surface area contributed by atoms with Crippen molar-refractivity contribution in [3.8, 4) is 45.5 Å². The summed E-state index contributed by atoms with van der Waals surface area (Å²) < 4.78 is 20.0. The lowest BCUT2D eigenvalue weighted by atomic mass is 9.91. The van der Waals surface area contributed by atoms with Crippen molar-refractivity contribution in [3.05, 3.63) is 516 Å². The SMILES string of the molecule is F.c1cc(-n2c3ccccc3c3ccccc32)cc(-n2c3cc4c5cc3n3c6c(cccc62)Cc2ccc(cc2-3)Cc2ccc3c(c2)-n5c2c(cccc2n4-c2cccc(-n4c5ccccc5c5ccccc54)c2)C3)c1.c1cc(Nc2cccc3c2Nc2cc(Cc4ccc5c(c4)Nc4c(cccc4Nc4cccc(-n6c7ccccc7c7ccccc76)c4)C5)ccc2C3)cc(-n2c3ccccc3c3ccccc32)c1. The summed E-state index contributed by atoms with van der Waals surface area (Å²) in [7, 11) is 0. The van der Waals surface area contributed by atoms with Crippen LogP contribution in [0.1, 0.15) is 66.8 Å². The fourth-order valence-electron chi connectivity index (χ4n) is 25.0. The van der Waals surface area contributed by atoms with Crippen molar-refractivity contribution in [2.75, 3.05) is 21.3 Å². The van der Waals surface area contributed by atoms with E-state index in [1.807, 2.05) is 0 Å². The molecule has 0 radical (unpaired) electrons. The van der Waals surface area contributed by atoms with Crippen LogP contribution in [-0.4, -0.2) is 36.5 Å². The molecule has 0 amide bonds. The highest BCUT2D eigenvalue weighted by Gasteiger charge is 2.32. The normalized spacial score (nSPS) is 12.8. The molecule has 21 aromatic carbocycles. The van der Waals surface area contributed by atoms with E-state index in [9.17, 15) is 0 Å². The maximum Gasteiger partial charge on any atom is 0.0739 e. The average Bonchev–Trinajstić information content (AvgIpc) is 1.30. The first-order chi connectivity index (χ1) is 71.3. The summed E-state index contributed by atoms with van der Waals surface area (Å²) in [5.41, 5.74) is 52.8. The van der Waals surface area contributed by atoms with Crippen molar-refractivity contribution < 1.29 is 4.70 Å². The summed E-state index contributed by atoms with van der Waals surface area (Å²) in [5.74, 6) is 0. The minimum absolute atomic E-state index is 0. The van der Waals surface area contributed by atoms with Crippen LogP contribution in [0.2, 0.25) is 0 Å². The van der Waals surface area contributed by atoms with Gasteiger partial charge in [-0.25, -0.2) is 0 Å². The number of hydrogen-bond acceptors (Lipinski definition) is 4. The molecule has 0 saturated heterocycles. The van der Waals surface area contributed by atoms with Crippen LogP contribution in [0.25, 0.3) is 177 Å². The monoisotopic (exact) mass is 1860 g/mol. The summed E-state index contributed by atoms with van der Waals surface area (Å²) in [4.78, 5) is 0. The highest BCUT2D eigenvalue weighted by atomic mass is 19.0. The van der Waals surface area contributed by atoms with Crippen LogP contribution in [0.5, 0.6) is 0 Å². The zero-order valence-corrected chi connectivity index (χ0v) is 79.0. The quantitative estimate of drug-likeness (QED) is 0.0918. The van der Waals surface area contributed by atoms with Crippen LogP contribution in [0.15, 0.2) is 449 Å². The predicted octanol–water partition coefficient (Wildman–Crippen LogP) is 32.9. The predicted molar refractivity (Wildman–Crippen MR) is 600 cm³/mol. The highest BCUT2D eigenvalue weighted by Crippen LogP contribution is 2.50. The Balaban J connectivity index is 0.000000134. The zero-order chi connectivity index (χ0) is 94.0. The summed E-state index contributed by atoms with van der Waals surface area (Å²) in [6, 6.07) is 166. The molecular formula is C132H91FN12. The van der Waals surface area contributed by atoms with Crippen molar-refractivity contribution in [2.24, 2.45) is 0 Å². The summed E-state index contributed by atoms with van der Waals surface area (Å²) in [6.45, 7) is 0. The number of aromatic nitrogens is 8. The van der Waals surface area contributed by atoms with Crippen molar-refractivity contribution in [3.63, 3.8) is 0 Å². The molecule has 686 valence electrons. The number of halogens is 1. The van der Waals surface area contributed by atoms with Crippen LogP contribution in [-0.2, 0) is 38.5 Å². The Morgan fingerprint density at radius 3 is 0.821 bits per heavy atom. The van der Waals surface area contributed by atoms with E-state index in [-0.39, 0.29) is 4.70 Å². The van der Waals surface area contributed by atoms with Gasteiger partial charge in [0.1, 0.15) is 0 Å². The molecule has 13 heteroatoms. The van der Waals surface area contributed by atoms with Gasteiger partial charge in [-0.3, -0.25) is 4.70 Å². The van der Waals surface area contributed by atoms with Gasteiger partial charge in [0, 0.05) is 126 Å². The highest BCUT2D eigenvalue weighted by molar-refractivity contribution is 6.14. The molecule has 0 fully saturated rings. The lowest BCUT2D eigenvalue weighted by Gasteiger charge is -2.32.